The molecule has 2 nitrogen and oxygen atoms in total. The minimum absolute atomic E-state index is 0.0861. The summed E-state index contributed by atoms with van der Waals surface area (Å²) in [6.07, 6.45) is 0. The summed E-state index contributed by atoms with van der Waals surface area (Å²) in [7, 11) is 0. The molecule has 8 aromatic rings. The number of rotatable bonds is 7. The van der Waals surface area contributed by atoms with Crippen LogP contribution in [0.4, 0.5) is 34.1 Å². The molecular weight excluding hydrogens is 653 g/mol. The van der Waals surface area contributed by atoms with Gasteiger partial charge in [-0.1, -0.05) is 163 Å². The number of hydrogen-bond donors (Lipinski definition) is 0. The second-order valence-electron chi connectivity index (χ2n) is 16.4. The van der Waals surface area contributed by atoms with Gasteiger partial charge < -0.3 is 9.80 Å². The summed E-state index contributed by atoms with van der Waals surface area (Å²) in [6, 6.07) is 66.5. The number of benzene rings is 8. The molecule has 0 bridgehead atoms. The fourth-order valence-corrected chi connectivity index (χ4v) is 7.49. The maximum atomic E-state index is 2.38. The van der Waals surface area contributed by atoms with Gasteiger partial charge in [-0.25, -0.2) is 0 Å². The third-order valence-electron chi connectivity index (χ3n) is 10.6. The summed E-state index contributed by atoms with van der Waals surface area (Å²) in [5.41, 5.74) is 12.0. The molecular formula is C52H48N2. The number of anilines is 6. The van der Waals surface area contributed by atoms with E-state index in [1.807, 2.05) is 0 Å². The first-order valence-corrected chi connectivity index (χ1v) is 19.0. The second kappa shape index (κ2) is 14.0. The van der Waals surface area contributed by atoms with Gasteiger partial charge in [0.05, 0.1) is 11.4 Å². The van der Waals surface area contributed by atoms with Crippen molar-refractivity contribution >= 4 is 55.7 Å². The Labute approximate surface area is 321 Å². The molecule has 266 valence electrons. The zero-order chi connectivity index (χ0) is 37.5. The molecule has 54 heavy (non-hydrogen) atoms. The minimum Gasteiger partial charge on any atom is -0.310 e. The topological polar surface area (TPSA) is 6.48 Å². The van der Waals surface area contributed by atoms with E-state index in [0.29, 0.717) is 0 Å². The van der Waals surface area contributed by atoms with Gasteiger partial charge in [0.1, 0.15) is 0 Å². The lowest BCUT2D eigenvalue weighted by atomic mass is 9.87. The Hall–Kier alpha value is -6.12. The van der Waals surface area contributed by atoms with E-state index in [2.05, 4.69) is 233 Å². The van der Waals surface area contributed by atoms with Crippen LogP contribution in [0.3, 0.4) is 0 Å². The first-order chi connectivity index (χ1) is 26.0. The van der Waals surface area contributed by atoms with E-state index in [9.17, 15) is 0 Å². The zero-order valence-electron chi connectivity index (χ0n) is 32.2. The molecule has 0 radical (unpaired) electrons. The van der Waals surface area contributed by atoms with Crippen molar-refractivity contribution in [1.29, 1.82) is 0 Å². The molecule has 8 aromatic carbocycles. The lowest BCUT2D eigenvalue weighted by molar-refractivity contribution is 0.590. The maximum absolute atomic E-state index is 2.38. The Kier molecular flexibility index (Phi) is 9.07. The van der Waals surface area contributed by atoms with Crippen LogP contribution in [-0.4, -0.2) is 0 Å². The summed E-state index contributed by atoms with van der Waals surface area (Å²) in [5.74, 6) is 0. The third-order valence-corrected chi connectivity index (χ3v) is 10.6. The van der Waals surface area contributed by atoms with Crippen molar-refractivity contribution in [3.05, 3.63) is 193 Å². The Bertz CT molecular complexity index is 2340. The maximum Gasteiger partial charge on any atom is 0.0540 e. The first-order valence-electron chi connectivity index (χ1n) is 19.0. The molecule has 0 aliphatic carbocycles. The fraction of sp³-hybridized carbons (Fsp3) is 0.154. The van der Waals surface area contributed by atoms with Crippen molar-refractivity contribution in [2.45, 2.75) is 52.4 Å². The van der Waals surface area contributed by atoms with Gasteiger partial charge in [-0.05, 0) is 105 Å². The summed E-state index contributed by atoms with van der Waals surface area (Å²) in [5, 5.41) is 4.91. The molecule has 0 unspecified atom stereocenters. The second-order valence-corrected chi connectivity index (χ2v) is 16.4. The quantitative estimate of drug-likeness (QED) is 0.163. The van der Waals surface area contributed by atoms with Gasteiger partial charge in [0.2, 0.25) is 0 Å². The molecule has 0 aliphatic rings. The molecule has 0 amide bonds. The summed E-state index contributed by atoms with van der Waals surface area (Å²) >= 11 is 0. The Morgan fingerprint density at radius 1 is 0.296 bits per heavy atom. The smallest absolute Gasteiger partial charge is 0.0540 e. The van der Waals surface area contributed by atoms with Crippen molar-refractivity contribution in [3.8, 4) is 11.1 Å². The molecule has 0 fully saturated rings. The van der Waals surface area contributed by atoms with Crippen LogP contribution in [-0.2, 0) is 10.8 Å². The molecule has 0 atom stereocenters. The molecule has 0 spiro atoms. The van der Waals surface area contributed by atoms with Gasteiger partial charge in [-0.3, -0.25) is 0 Å². The lowest BCUT2D eigenvalue weighted by Gasteiger charge is -2.28. The molecule has 8 rings (SSSR count). The van der Waals surface area contributed by atoms with Crippen LogP contribution in [0, 0.1) is 0 Å². The van der Waals surface area contributed by atoms with Crippen LogP contribution in [0.25, 0.3) is 32.7 Å². The number of fused-ring (bicyclic) bond motifs is 2. The number of nitrogens with zero attached hydrogens (tertiary/aromatic N) is 2. The summed E-state index contributed by atoms with van der Waals surface area (Å²) in [6.45, 7) is 13.6. The molecule has 2 heteroatoms. The van der Waals surface area contributed by atoms with Gasteiger partial charge in [0.25, 0.3) is 0 Å². The van der Waals surface area contributed by atoms with Gasteiger partial charge >= 0.3 is 0 Å². The van der Waals surface area contributed by atoms with Crippen LogP contribution >= 0.6 is 0 Å². The summed E-state index contributed by atoms with van der Waals surface area (Å²) < 4.78 is 0. The Balaban J connectivity index is 1.16. The number of hydrogen-bond acceptors (Lipinski definition) is 2. The average molecular weight is 701 g/mol. The monoisotopic (exact) mass is 700 g/mol. The van der Waals surface area contributed by atoms with E-state index in [0.717, 1.165) is 34.1 Å². The highest BCUT2D eigenvalue weighted by Gasteiger charge is 2.20. The highest BCUT2D eigenvalue weighted by molar-refractivity contribution is 6.00. The van der Waals surface area contributed by atoms with Gasteiger partial charge in [-0.15, -0.1) is 0 Å². The van der Waals surface area contributed by atoms with Crippen molar-refractivity contribution in [1.82, 2.24) is 0 Å². The lowest BCUT2D eigenvalue weighted by Crippen LogP contribution is -2.13. The van der Waals surface area contributed by atoms with Crippen LogP contribution < -0.4 is 9.80 Å². The molecule has 0 aromatic heterocycles. The zero-order valence-corrected chi connectivity index (χ0v) is 32.2. The van der Waals surface area contributed by atoms with Crippen LogP contribution in [0.1, 0.15) is 52.7 Å². The predicted molar refractivity (Wildman–Crippen MR) is 234 cm³/mol. The van der Waals surface area contributed by atoms with Crippen molar-refractivity contribution < 1.29 is 0 Å². The van der Waals surface area contributed by atoms with Crippen molar-refractivity contribution in [2.24, 2.45) is 0 Å². The van der Waals surface area contributed by atoms with Crippen LogP contribution in [0.5, 0.6) is 0 Å². The third kappa shape index (κ3) is 6.88. The highest BCUT2D eigenvalue weighted by Crippen LogP contribution is 2.42. The standard InChI is InChI=1S/C52H48N2/c1-51(2,3)41-25-33-45(34-26-41)53(49-19-11-15-39-13-7-9-17-47(39)49)43-29-21-37(22-30-43)38-23-31-44(32-24-38)54(46-35-27-42(28-36-46)52(4,5)6)50-20-12-16-40-14-8-10-18-48(40)50/h7-36H,1-6H3. The Morgan fingerprint density at radius 3 is 0.926 bits per heavy atom. The van der Waals surface area contributed by atoms with Crippen molar-refractivity contribution in [3.63, 3.8) is 0 Å². The molecule has 0 saturated carbocycles. The molecule has 0 aliphatic heterocycles. The van der Waals surface area contributed by atoms with Gasteiger partial charge in [0, 0.05) is 33.5 Å². The van der Waals surface area contributed by atoms with Crippen LogP contribution in [0.15, 0.2) is 182 Å². The summed E-state index contributed by atoms with van der Waals surface area (Å²) in [4.78, 5) is 4.77. The van der Waals surface area contributed by atoms with E-state index in [4.69, 9.17) is 0 Å². The predicted octanol–water partition coefficient (Wildman–Crippen LogP) is 15.2. The molecule has 0 saturated heterocycles. The van der Waals surface area contributed by atoms with Crippen LogP contribution in [0.2, 0.25) is 0 Å². The fourth-order valence-electron chi connectivity index (χ4n) is 7.49. The molecule has 0 heterocycles. The van der Waals surface area contributed by atoms with E-state index < -0.39 is 0 Å². The first kappa shape index (κ1) is 34.9. The SMILES string of the molecule is CC(C)(C)c1ccc(N(c2ccc(-c3ccc(N(c4ccc(C(C)(C)C)cc4)c4cccc5ccccc45)cc3)cc2)c2cccc3ccccc23)cc1. The average Bonchev–Trinajstić information content (AvgIpc) is 3.19. The van der Waals surface area contributed by atoms with E-state index >= 15 is 0 Å². The van der Waals surface area contributed by atoms with E-state index in [1.165, 1.54) is 43.8 Å². The Morgan fingerprint density at radius 2 is 0.593 bits per heavy atom. The normalized spacial score (nSPS) is 11.9. The van der Waals surface area contributed by atoms with E-state index in [-0.39, 0.29) is 10.8 Å². The molecule has 0 N–H and O–H groups in total. The minimum atomic E-state index is 0.0861. The van der Waals surface area contributed by atoms with Crippen molar-refractivity contribution in [2.75, 3.05) is 9.80 Å². The largest absolute Gasteiger partial charge is 0.310 e. The highest BCUT2D eigenvalue weighted by atomic mass is 15.1. The van der Waals surface area contributed by atoms with Gasteiger partial charge in [0.15, 0.2) is 0 Å². The van der Waals surface area contributed by atoms with Gasteiger partial charge in [-0.2, -0.15) is 0 Å². The van der Waals surface area contributed by atoms with E-state index in [1.54, 1.807) is 0 Å².